The number of hydrogen-bond acceptors (Lipinski definition) is 4. The molecule has 3 aromatic rings. The first-order valence-electron chi connectivity index (χ1n) is 6.52. The predicted octanol–water partition coefficient (Wildman–Crippen LogP) is 3.80. The maximum atomic E-state index is 9.51. The summed E-state index contributed by atoms with van der Waals surface area (Å²) in [7, 11) is 0. The summed E-state index contributed by atoms with van der Waals surface area (Å²) in [6.45, 7) is 4.19. The molecule has 1 aromatic carbocycles. The van der Waals surface area contributed by atoms with Gasteiger partial charge in [0.15, 0.2) is 4.96 Å². The quantitative estimate of drug-likeness (QED) is 0.794. The lowest BCUT2D eigenvalue weighted by Crippen LogP contribution is -1.94. The first-order valence-corrected chi connectivity index (χ1v) is 7.40. The van der Waals surface area contributed by atoms with Gasteiger partial charge in [0.2, 0.25) is 5.88 Å². The molecule has 0 bridgehead atoms. The summed E-state index contributed by atoms with van der Waals surface area (Å²) >= 11 is 1.52. The van der Waals surface area contributed by atoms with Crippen LogP contribution in [0.1, 0.15) is 31.0 Å². The lowest BCUT2D eigenvalue weighted by atomic mass is 10.0. The van der Waals surface area contributed by atoms with Crippen molar-refractivity contribution < 1.29 is 9.84 Å². The van der Waals surface area contributed by atoms with Crippen molar-refractivity contribution in [3.05, 3.63) is 47.1 Å². The number of thiazole rings is 1. The van der Waals surface area contributed by atoms with Gasteiger partial charge in [-0.15, -0.1) is 11.3 Å². The molecular weight excluding hydrogens is 272 g/mol. The maximum Gasteiger partial charge on any atom is 0.244 e. The number of hydrogen-bond donors (Lipinski definition) is 1. The van der Waals surface area contributed by atoms with Gasteiger partial charge in [0.1, 0.15) is 11.4 Å². The summed E-state index contributed by atoms with van der Waals surface area (Å²) in [5, 5.41) is 11.4. The van der Waals surface area contributed by atoms with Gasteiger partial charge in [-0.05, 0) is 23.6 Å². The molecule has 0 amide bonds. The number of rotatable bonds is 4. The standard InChI is InChI=1S/C15H16N2O2S/c1-10(2)11-4-3-5-12(8-11)19-14-13(9-18)17-6-7-20-15(17)16-14/h3-8,10,18H,9H2,1-2H3. The van der Waals surface area contributed by atoms with Crippen LogP contribution in [0, 0.1) is 0 Å². The second-order valence-electron chi connectivity index (χ2n) is 4.91. The zero-order valence-corrected chi connectivity index (χ0v) is 12.2. The van der Waals surface area contributed by atoms with Crippen LogP contribution in [0.15, 0.2) is 35.8 Å². The van der Waals surface area contributed by atoms with Crippen LogP contribution >= 0.6 is 11.3 Å². The van der Waals surface area contributed by atoms with Gasteiger partial charge in [-0.25, -0.2) is 0 Å². The van der Waals surface area contributed by atoms with E-state index in [1.165, 1.54) is 16.9 Å². The van der Waals surface area contributed by atoms with Crippen LogP contribution in [0.3, 0.4) is 0 Å². The van der Waals surface area contributed by atoms with Crippen molar-refractivity contribution in [2.75, 3.05) is 0 Å². The Morgan fingerprint density at radius 2 is 2.25 bits per heavy atom. The fraction of sp³-hybridized carbons (Fsp3) is 0.267. The highest BCUT2D eigenvalue weighted by molar-refractivity contribution is 7.15. The number of aliphatic hydroxyl groups excluding tert-OH is 1. The normalized spacial score (nSPS) is 11.4. The Labute approximate surface area is 121 Å². The van der Waals surface area contributed by atoms with E-state index in [0.29, 0.717) is 17.5 Å². The molecule has 0 saturated heterocycles. The Bertz CT molecular complexity index is 730. The second kappa shape index (κ2) is 5.26. The number of aliphatic hydroxyl groups is 1. The van der Waals surface area contributed by atoms with Gasteiger partial charge in [-0.1, -0.05) is 26.0 Å². The molecule has 4 nitrogen and oxygen atoms in total. The second-order valence-corrected chi connectivity index (χ2v) is 5.78. The van der Waals surface area contributed by atoms with Gasteiger partial charge < -0.3 is 9.84 Å². The van der Waals surface area contributed by atoms with E-state index in [1.807, 2.05) is 34.2 Å². The van der Waals surface area contributed by atoms with E-state index in [-0.39, 0.29) is 6.61 Å². The topological polar surface area (TPSA) is 46.8 Å². The summed E-state index contributed by atoms with van der Waals surface area (Å²) in [6.07, 6.45) is 1.88. The Balaban J connectivity index is 1.96. The number of nitrogens with zero attached hydrogens (tertiary/aromatic N) is 2. The average molecular weight is 288 g/mol. The number of aromatic nitrogens is 2. The molecule has 5 heteroatoms. The molecule has 0 radical (unpaired) electrons. The number of benzene rings is 1. The van der Waals surface area contributed by atoms with E-state index in [0.717, 1.165) is 10.7 Å². The summed E-state index contributed by atoms with van der Waals surface area (Å²) in [4.78, 5) is 5.24. The van der Waals surface area contributed by atoms with E-state index in [2.05, 4.69) is 24.9 Å². The lowest BCUT2D eigenvalue weighted by Gasteiger charge is -2.09. The Morgan fingerprint density at radius 1 is 1.40 bits per heavy atom. The Morgan fingerprint density at radius 3 is 3.00 bits per heavy atom. The average Bonchev–Trinajstić information content (AvgIpc) is 2.99. The highest BCUT2D eigenvalue weighted by atomic mass is 32.1. The molecule has 0 unspecified atom stereocenters. The van der Waals surface area contributed by atoms with Crippen molar-refractivity contribution in [1.82, 2.24) is 9.38 Å². The van der Waals surface area contributed by atoms with E-state index in [9.17, 15) is 5.11 Å². The third kappa shape index (κ3) is 2.30. The molecule has 0 spiro atoms. The van der Waals surface area contributed by atoms with E-state index < -0.39 is 0 Å². The molecule has 1 N–H and O–H groups in total. The first kappa shape index (κ1) is 13.1. The molecule has 0 saturated carbocycles. The summed E-state index contributed by atoms with van der Waals surface area (Å²) in [5.41, 5.74) is 1.89. The first-order chi connectivity index (χ1) is 9.69. The molecule has 0 atom stereocenters. The number of fused-ring (bicyclic) bond motifs is 1. The third-order valence-corrected chi connectivity index (χ3v) is 3.97. The van der Waals surface area contributed by atoms with Gasteiger partial charge >= 0.3 is 0 Å². The minimum absolute atomic E-state index is 0.100. The van der Waals surface area contributed by atoms with Crippen molar-refractivity contribution in [3.8, 4) is 11.6 Å². The maximum absolute atomic E-state index is 9.51. The molecule has 2 heterocycles. The van der Waals surface area contributed by atoms with Crippen LogP contribution in [0.2, 0.25) is 0 Å². The third-order valence-electron chi connectivity index (χ3n) is 3.21. The van der Waals surface area contributed by atoms with Crippen LogP contribution in [0.25, 0.3) is 4.96 Å². The Hall–Kier alpha value is -1.85. The fourth-order valence-corrected chi connectivity index (χ4v) is 2.81. The summed E-state index contributed by atoms with van der Waals surface area (Å²) in [5.74, 6) is 1.67. The van der Waals surface area contributed by atoms with Gasteiger partial charge in [0, 0.05) is 11.6 Å². The van der Waals surface area contributed by atoms with Gasteiger partial charge in [0.25, 0.3) is 0 Å². The largest absolute Gasteiger partial charge is 0.437 e. The fourth-order valence-electron chi connectivity index (χ4n) is 2.09. The van der Waals surface area contributed by atoms with Crippen LogP contribution in [-0.2, 0) is 6.61 Å². The molecule has 0 aliphatic rings. The number of imidazole rings is 1. The molecule has 20 heavy (non-hydrogen) atoms. The van der Waals surface area contributed by atoms with Crippen LogP contribution in [-0.4, -0.2) is 14.5 Å². The minimum atomic E-state index is -0.100. The van der Waals surface area contributed by atoms with E-state index >= 15 is 0 Å². The van der Waals surface area contributed by atoms with Gasteiger partial charge in [-0.3, -0.25) is 4.40 Å². The molecule has 0 aliphatic heterocycles. The monoisotopic (exact) mass is 288 g/mol. The Kier molecular flexibility index (Phi) is 3.46. The van der Waals surface area contributed by atoms with Crippen molar-refractivity contribution in [2.45, 2.75) is 26.4 Å². The van der Waals surface area contributed by atoms with Crippen molar-refractivity contribution >= 4 is 16.3 Å². The highest BCUT2D eigenvalue weighted by Gasteiger charge is 2.14. The smallest absolute Gasteiger partial charge is 0.244 e. The van der Waals surface area contributed by atoms with E-state index in [4.69, 9.17) is 4.74 Å². The van der Waals surface area contributed by atoms with Gasteiger partial charge in [0.05, 0.1) is 6.61 Å². The lowest BCUT2D eigenvalue weighted by molar-refractivity contribution is 0.270. The molecule has 3 rings (SSSR count). The summed E-state index contributed by atoms with van der Waals surface area (Å²) < 4.78 is 7.70. The van der Waals surface area contributed by atoms with Crippen LogP contribution in [0.5, 0.6) is 11.6 Å². The molecule has 0 fully saturated rings. The zero-order chi connectivity index (χ0) is 14.1. The molecule has 0 aliphatic carbocycles. The molecular formula is C15H16N2O2S. The highest BCUT2D eigenvalue weighted by Crippen LogP contribution is 2.29. The minimum Gasteiger partial charge on any atom is -0.437 e. The molecule has 104 valence electrons. The van der Waals surface area contributed by atoms with E-state index in [1.54, 1.807) is 0 Å². The van der Waals surface area contributed by atoms with Crippen LogP contribution in [0.4, 0.5) is 0 Å². The summed E-state index contributed by atoms with van der Waals surface area (Å²) in [6, 6.07) is 7.97. The van der Waals surface area contributed by atoms with Crippen molar-refractivity contribution in [3.63, 3.8) is 0 Å². The van der Waals surface area contributed by atoms with Crippen molar-refractivity contribution in [1.29, 1.82) is 0 Å². The predicted molar refractivity (Wildman–Crippen MR) is 79.6 cm³/mol. The zero-order valence-electron chi connectivity index (χ0n) is 11.4. The molecule has 2 aromatic heterocycles. The van der Waals surface area contributed by atoms with Crippen LogP contribution < -0.4 is 4.74 Å². The number of ether oxygens (including phenoxy) is 1. The van der Waals surface area contributed by atoms with Gasteiger partial charge in [-0.2, -0.15) is 4.98 Å². The SMILES string of the molecule is CC(C)c1cccc(Oc2nc3sccn3c2CO)c1. The van der Waals surface area contributed by atoms with Crippen molar-refractivity contribution in [2.24, 2.45) is 0 Å².